The summed E-state index contributed by atoms with van der Waals surface area (Å²) in [6, 6.07) is 14.3. The number of carbonyl (C=O) groups excluding carboxylic acids is 1. The first-order chi connectivity index (χ1) is 11.2. The molecule has 4 nitrogen and oxygen atoms in total. The van der Waals surface area contributed by atoms with Crippen molar-refractivity contribution < 1.29 is 9.53 Å². The molecule has 0 bridgehead atoms. The second kappa shape index (κ2) is 9.45. The Morgan fingerprint density at radius 1 is 1.13 bits per heavy atom. The number of nitrogens with zero attached hydrogens (tertiary/aromatic N) is 2. The maximum absolute atomic E-state index is 12.5. The number of likely N-dealkylation sites (N-methyl/N-ethyl adjacent to an activating group) is 1. The monoisotopic (exact) mass is 332 g/mol. The summed E-state index contributed by atoms with van der Waals surface area (Å²) in [5.41, 5.74) is 1.21. The Balaban J connectivity index is 1.91. The van der Waals surface area contributed by atoms with Crippen molar-refractivity contribution in [3.05, 3.63) is 58.3 Å². The van der Waals surface area contributed by atoms with Crippen molar-refractivity contribution in [2.24, 2.45) is 0 Å². The molecule has 0 radical (unpaired) electrons. The fourth-order valence-electron chi connectivity index (χ4n) is 2.31. The van der Waals surface area contributed by atoms with Crippen LogP contribution in [0.2, 0.25) is 0 Å². The van der Waals surface area contributed by atoms with Crippen LogP contribution in [0, 0.1) is 0 Å². The maximum atomic E-state index is 12.5. The van der Waals surface area contributed by atoms with Crippen LogP contribution in [0.3, 0.4) is 0 Å². The molecule has 0 fully saturated rings. The molecule has 1 heterocycles. The molecule has 0 spiro atoms. The van der Waals surface area contributed by atoms with E-state index < -0.39 is 0 Å². The van der Waals surface area contributed by atoms with E-state index in [0.29, 0.717) is 19.7 Å². The zero-order chi connectivity index (χ0) is 16.5. The number of thiophene rings is 1. The van der Waals surface area contributed by atoms with Crippen LogP contribution in [0.15, 0.2) is 47.8 Å². The molecule has 2 rings (SSSR count). The van der Waals surface area contributed by atoms with Gasteiger partial charge in [0.05, 0.1) is 19.7 Å². The third-order valence-electron chi connectivity index (χ3n) is 3.62. The Kier molecular flexibility index (Phi) is 7.26. The number of hydrogen-bond acceptors (Lipinski definition) is 4. The Morgan fingerprint density at radius 2 is 1.91 bits per heavy atom. The zero-order valence-electron chi connectivity index (χ0n) is 13.8. The number of benzene rings is 1. The third-order valence-corrected chi connectivity index (χ3v) is 4.48. The SMILES string of the molecule is COCCN(CC(=O)N(C)Cc1cccs1)Cc1ccccc1. The topological polar surface area (TPSA) is 32.8 Å². The number of amides is 1. The van der Waals surface area contributed by atoms with Gasteiger partial charge in [-0.2, -0.15) is 0 Å². The fraction of sp³-hybridized carbons (Fsp3) is 0.389. The molecule has 0 unspecified atom stereocenters. The van der Waals surface area contributed by atoms with E-state index in [-0.39, 0.29) is 5.91 Å². The minimum absolute atomic E-state index is 0.130. The lowest BCUT2D eigenvalue weighted by atomic mass is 10.2. The van der Waals surface area contributed by atoms with E-state index in [1.807, 2.05) is 36.7 Å². The first-order valence-electron chi connectivity index (χ1n) is 7.70. The summed E-state index contributed by atoms with van der Waals surface area (Å²) in [5.74, 6) is 0.130. The van der Waals surface area contributed by atoms with Crippen molar-refractivity contribution in [3.63, 3.8) is 0 Å². The Bertz CT molecular complexity index is 572. The van der Waals surface area contributed by atoms with Gasteiger partial charge in [-0.05, 0) is 17.0 Å². The van der Waals surface area contributed by atoms with Crippen molar-refractivity contribution in [1.82, 2.24) is 9.80 Å². The molecule has 0 N–H and O–H groups in total. The summed E-state index contributed by atoms with van der Waals surface area (Å²) < 4.78 is 5.17. The van der Waals surface area contributed by atoms with Gasteiger partial charge >= 0.3 is 0 Å². The van der Waals surface area contributed by atoms with Crippen molar-refractivity contribution >= 4 is 17.2 Å². The summed E-state index contributed by atoms with van der Waals surface area (Å²) in [6.07, 6.45) is 0. The lowest BCUT2D eigenvalue weighted by Gasteiger charge is -2.24. The van der Waals surface area contributed by atoms with Gasteiger partial charge in [0.1, 0.15) is 0 Å². The molecular formula is C18H24N2O2S. The Labute approximate surface area is 142 Å². The highest BCUT2D eigenvalue weighted by atomic mass is 32.1. The van der Waals surface area contributed by atoms with Crippen LogP contribution < -0.4 is 0 Å². The number of methoxy groups -OCH3 is 1. The smallest absolute Gasteiger partial charge is 0.236 e. The van der Waals surface area contributed by atoms with Gasteiger partial charge < -0.3 is 9.64 Å². The minimum Gasteiger partial charge on any atom is -0.383 e. The lowest BCUT2D eigenvalue weighted by molar-refractivity contribution is -0.131. The highest BCUT2D eigenvalue weighted by molar-refractivity contribution is 7.09. The highest BCUT2D eigenvalue weighted by Crippen LogP contribution is 2.11. The molecule has 0 aliphatic carbocycles. The molecule has 0 saturated heterocycles. The zero-order valence-corrected chi connectivity index (χ0v) is 14.6. The molecule has 1 aromatic carbocycles. The summed E-state index contributed by atoms with van der Waals surface area (Å²) in [4.78, 5) is 17.6. The quantitative estimate of drug-likeness (QED) is 0.708. The van der Waals surface area contributed by atoms with Crippen LogP contribution >= 0.6 is 11.3 Å². The van der Waals surface area contributed by atoms with Crippen LogP contribution in [0.25, 0.3) is 0 Å². The van der Waals surface area contributed by atoms with Gasteiger partial charge in [-0.1, -0.05) is 36.4 Å². The van der Waals surface area contributed by atoms with Gasteiger partial charge in [-0.25, -0.2) is 0 Å². The van der Waals surface area contributed by atoms with E-state index in [1.54, 1.807) is 23.3 Å². The molecule has 0 aliphatic rings. The molecule has 5 heteroatoms. The second-order valence-electron chi connectivity index (χ2n) is 5.52. The molecule has 1 amide bonds. The van der Waals surface area contributed by atoms with Crippen LogP contribution in [-0.2, 0) is 22.6 Å². The first-order valence-corrected chi connectivity index (χ1v) is 8.58. The van der Waals surface area contributed by atoms with Gasteiger partial charge in [0.25, 0.3) is 0 Å². The molecule has 0 atom stereocenters. The predicted molar refractivity (Wildman–Crippen MR) is 94.4 cm³/mol. The molecule has 0 aliphatic heterocycles. The second-order valence-corrected chi connectivity index (χ2v) is 6.55. The Hall–Kier alpha value is -1.69. The molecule has 1 aromatic heterocycles. The van der Waals surface area contributed by atoms with Gasteiger partial charge in [0.2, 0.25) is 5.91 Å². The van der Waals surface area contributed by atoms with Gasteiger partial charge in [0.15, 0.2) is 0 Å². The maximum Gasteiger partial charge on any atom is 0.236 e. The number of carbonyl (C=O) groups is 1. The minimum atomic E-state index is 0.130. The average Bonchev–Trinajstić information content (AvgIpc) is 3.06. The molecule has 23 heavy (non-hydrogen) atoms. The van der Waals surface area contributed by atoms with E-state index in [9.17, 15) is 4.79 Å². The summed E-state index contributed by atoms with van der Waals surface area (Å²) in [6.45, 7) is 3.18. The van der Waals surface area contributed by atoms with Crippen LogP contribution in [0.4, 0.5) is 0 Å². The molecule has 2 aromatic rings. The van der Waals surface area contributed by atoms with Crippen molar-refractivity contribution in [2.45, 2.75) is 13.1 Å². The summed E-state index contributed by atoms with van der Waals surface area (Å²) in [5, 5.41) is 2.04. The van der Waals surface area contributed by atoms with Crippen LogP contribution in [0.5, 0.6) is 0 Å². The van der Waals surface area contributed by atoms with Crippen molar-refractivity contribution in [1.29, 1.82) is 0 Å². The number of ether oxygens (including phenoxy) is 1. The fourth-order valence-corrected chi connectivity index (χ4v) is 3.07. The first kappa shape index (κ1) is 17.7. The van der Waals surface area contributed by atoms with Gasteiger partial charge in [0, 0.05) is 32.1 Å². The highest BCUT2D eigenvalue weighted by Gasteiger charge is 2.15. The lowest BCUT2D eigenvalue weighted by Crippen LogP contribution is -2.39. The van der Waals surface area contributed by atoms with Gasteiger partial charge in [-0.3, -0.25) is 9.69 Å². The van der Waals surface area contributed by atoms with Crippen molar-refractivity contribution in [2.75, 3.05) is 33.9 Å². The largest absolute Gasteiger partial charge is 0.383 e. The third kappa shape index (κ3) is 6.14. The molecule has 0 saturated carbocycles. The molecular weight excluding hydrogens is 308 g/mol. The molecule has 124 valence electrons. The summed E-state index contributed by atoms with van der Waals surface area (Å²) >= 11 is 1.68. The number of rotatable bonds is 9. The van der Waals surface area contributed by atoms with Gasteiger partial charge in [-0.15, -0.1) is 11.3 Å². The average molecular weight is 332 g/mol. The van der Waals surface area contributed by atoms with E-state index in [1.165, 1.54) is 10.4 Å². The summed E-state index contributed by atoms with van der Waals surface area (Å²) in [7, 11) is 3.55. The van der Waals surface area contributed by atoms with E-state index in [4.69, 9.17) is 4.74 Å². The Morgan fingerprint density at radius 3 is 2.57 bits per heavy atom. The van der Waals surface area contributed by atoms with E-state index >= 15 is 0 Å². The number of hydrogen-bond donors (Lipinski definition) is 0. The van der Waals surface area contributed by atoms with Crippen LogP contribution in [-0.4, -0.2) is 49.6 Å². The predicted octanol–water partition coefficient (Wildman–Crippen LogP) is 2.86. The van der Waals surface area contributed by atoms with Crippen LogP contribution in [0.1, 0.15) is 10.4 Å². The standard InChI is InChI=1S/C18H24N2O2S/c1-19(14-17-9-6-12-23-17)18(21)15-20(10-11-22-2)13-16-7-4-3-5-8-16/h3-9,12H,10-11,13-15H2,1-2H3. The van der Waals surface area contributed by atoms with Crippen molar-refractivity contribution in [3.8, 4) is 0 Å². The van der Waals surface area contributed by atoms with E-state index in [2.05, 4.69) is 23.1 Å². The van der Waals surface area contributed by atoms with E-state index in [0.717, 1.165) is 13.1 Å². The normalized spacial score (nSPS) is 10.9.